The van der Waals surface area contributed by atoms with Gasteiger partial charge in [-0.05, 0) is 47.5 Å². The van der Waals surface area contributed by atoms with Crippen LogP contribution in [-0.2, 0) is 0 Å². The number of hydrogen-bond donors (Lipinski definition) is 1. The van der Waals surface area contributed by atoms with E-state index in [4.69, 9.17) is 22.7 Å². The first-order valence-electron chi connectivity index (χ1n) is 5.66. The van der Waals surface area contributed by atoms with E-state index >= 15 is 0 Å². The summed E-state index contributed by atoms with van der Waals surface area (Å²) in [5, 5.41) is 7.90. The van der Waals surface area contributed by atoms with Gasteiger partial charge in [0.15, 0.2) is 0 Å². The molecule has 1 aromatic heterocycles. The van der Waals surface area contributed by atoms with Crippen molar-refractivity contribution in [2.75, 3.05) is 0 Å². The summed E-state index contributed by atoms with van der Waals surface area (Å²) in [4.78, 5) is 0.160. The SMILES string of the molecule is Cc1nnc(Oc2ccc(Br)c(F)c2)c(C(N)=S)c1C. The lowest BCUT2D eigenvalue weighted by Gasteiger charge is -2.12. The number of thiocarbonyl (C=S) groups is 1. The molecule has 0 aliphatic carbocycles. The highest BCUT2D eigenvalue weighted by molar-refractivity contribution is 9.10. The summed E-state index contributed by atoms with van der Waals surface area (Å²) in [6.07, 6.45) is 0. The minimum atomic E-state index is -0.434. The molecule has 1 aromatic carbocycles. The zero-order chi connectivity index (χ0) is 14.9. The van der Waals surface area contributed by atoms with E-state index in [1.165, 1.54) is 6.07 Å². The van der Waals surface area contributed by atoms with E-state index in [1.807, 2.05) is 6.92 Å². The van der Waals surface area contributed by atoms with E-state index in [0.717, 1.165) is 5.56 Å². The predicted octanol–water partition coefficient (Wildman–Crippen LogP) is 3.42. The number of nitrogens with two attached hydrogens (primary N) is 1. The summed E-state index contributed by atoms with van der Waals surface area (Å²) in [6.45, 7) is 3.63. The van der Waals surface area contributed by atoms with Crippen LogP contribution in [-0.4, -0.2) is 15.2 Å². The molecule has 0 aliphatic rings. The maximum atomic E-state index is 13.5. The minimum absolute atomic E-state index is 0.160. The number of aromatic nitrogens is 2. The first kappa shape index (κ1) is 14.8. The molecule has 2 N–H and O–H groups in total. The molecule has 2 aromatic rings. The van der Waals surface area contributed by atoms with E-state index in [0.29, 0.717) is 21.5 Å². The summed E-state index contributed by atoms with van der Waals surface area (Å²) >= 11 is 8.08. The van der Waals surface area contributed by atoms with Crippen LogP contribution in [0, 0.1) is 19.7 Å². The van der Waals surface area contributed by atoms with Crippen LogP contribution in [0.5, 0.6) is 11.6 Å². The van der Waals surface area contributed by atoms with Crippen LogP contribution >= 0.6 is 28.1 Å². The number of nitrogens with zero attached hydrogens (tertiary/aromatic N) is 2. The molecular formula is C13H11BrFN3OS. The molecular weight excluding hydrogens is 345 g/mol. The molecule has 0 atom stereocenters. The average molecular weight is 356 g/mol. The van der Waals surface area contributed by atoms with E-state index < -0.39 is 5.82 Å². The fourth-order valence-electron chi connectivity index (χ4n) is 1.60. The third kappa shape index (κ3) is 2.94. The van der Waals surface area contributed by atoms with Crippen molar-refractivity contribution in [3.63, 3.8) is 0 Å². The Morgan fingerprint density at radius 3 is 2.65 bits per heavy atom. The molecule has 0 spiro atoms. The minimum Gasteiger partial charge on any atom is -0.437 e. The second kappa shape index (κ2) is 5.80. The lowest BCUT2D eigenvalue weighted by molar-refractivity contribution is 0.448. The van der Waals surface area contributed by atoms with Crippen LogP contribution in [0.15, 0.2) is 22.7 Å². The zero-order valence-electron chi connectivity index (χ0n) is 10.8. The van der Waals surface area contributed by atoms with Gasteiger partial charge in [-0.25, -0.2) is 4.39 Å². The van der Waals surface area contributed by atoms with Gasteiger partial charge in [0.25, 0.3) is 0 Å². The third-order valence-electron chi connectivity index (χ3n) is 2.77. The molecule has 7 heteroatoms. The lowest BCUT2D eigenvalue weighted by atomic mass is 10.1. The highest BCUT2D eigenvalue weighted by atomic mass is 79.9. The number of rotatable bonds is 3. The molecule has 0 fully saturated rings. The van der Waals surface area contributed by atoms with Gasteiger partial charge in [0.2, 0.25) is 5.88 Å². The Kier molecular flexibility index (Phi) is 4.29. The van der Waals surface area contributed by atoms with Gasteiger partial charge in [-0.2, -0.15) is 5.10 Å². The summed E-state index contributed by atoms with van der Waals surface area (Å²) in [7, 11) is 0. The van der Waals surface area contributed by atoms with E-state index in [2.05, 4.69) is 26.1 Å². The Hall–Kier alpha value is -1.60. The Labute approximate surface area is 129 Å². The largest absolute Gasteiger partial charge is 0.437 e. The smallest absolute Gasteiger partial charge is 0.249 e. The third-order valence-corrected chi connectivity index (χ3v) is 3.62. The first-order chi connectivity index (χ1) is 9.40. The molecule has 0 aliphatic heterocycles. The average Bonchev–Trinajstić information content (AvgIpc) is 2.38. The monoisotopic (exact) mass is 355 g/mol. The molecule has 0 saturated heterocycles. The molecule has 104 valence electrons. The summed E-state index contributed by atoms with van der Waals surface area (Å²) < 4.78 is 19.4. The summed E-state index contributed by atoms with van der Waals surface area (Å²) in [5.41, 5.74) is 7.71. The van der Waals surface area contributed by atoms with Crippen molar-refractivity contribution in [2.45, 2.75) is 13.8 Å². The lowest BCUT2D eigenvalue weighted by Crippen LogP contribution is -2.15. The number of hydrogen-bond acceptors (Lipinski definition) is 4. The normalized spacial score (nSPS) is 10.4. The Morgan fingerprint density at radius 2 is 2.05 bits per heavy atom. The molecule has 20 heavy (non-hydrogen) atoms. The van der Waals surface area contributed by atoms with Gasteiger partial charge in [0.05, 0.1) is 15.7 Å². The summed E-state index contributed by atoms with van der Waals surface area (Å²) in [5.74, 6) is 0.0271. The van der Waals surface area contributed by atoms with Crippen molar-refractivity contribution in [3.8, 4) is 11.6 Å². The van der Waals surface area contributed by atoms with Crippen molar-refractivity contribution in [1.29, 1.82) is 0 Å². The van der Waals surface area contributed by atoms with Crippen molar-refractivity contribution < 1.29 is 9.13 Å². The molecule has 4 nitrogen and oxygen atoms in total. The number of benzene rings is 1. The van der Waals surface area contributed by atoms with Crippen LogP contribution in [0.4, 0.5) is 4.39 Å². The highest BCUT2D eigenvalue weighted by Gasteiger charge is 2.16. The summed E-state index contributed by atoms with van der Waals surface area (Å²) in [6, 6.07) is 4.39. The van der Waals surface area contributed by atoms with Crippen molar-refractivity contribution in [3.05, 3.63) is 45.3 Å². The molecule has 0 radical (unpaired) electrons. The molecule has 1 heterocycles. The topological polar surface area (TPSA) is 61.0 Å². The fourth-order valence-corrected chi connectivity index (χ4v) is 2.09. The van der Waals surface area contributed by atoms with E-state index in [1.54, 1.807) is 19.1 Å². The van der Waals surface area contributed by atoms with Crippen LogP contribution in [0.25, 0.3) is 0 Å². The highest BCUT2D eigenvalue weighted by Crippen LogP contribution is 2.28. The molecule has 2 rings (SSSR count). The zero-order valence-corrected chi connectivity index (χ0v) is 13.2. The van der Waals surface area contributed by atoms with Crippen molar-refractivity contribution >= 4 is 33.1 Å². The van der Waals surface area contributed by atoms with Gasteiger partial charge in [0.1, 0.15) is 16.6 Å². The quantitative estimate of drug-likeness (QED) is 0.854. The molecule has 0 unspecified atom stereocenters. The van der Waals surface area contributed by atoms with Gasteiger partial charge in [-0.15, -0.1) is 5.10 Å². The molecule has 0 bridgehead atoms. The van der Waals surface area contributed by atoms with Gasteiger partial charge in [-0.1, -0.05) is 12.2 Å². The van der Waals surface area contributed by atoms with Crippen LogP contribution in [0.3, 0.4) is 0 Å². The van der Waals surface area contributed by atoms with Crippen molar-refractivity contribution in [1.82, 2.24) is 10.2 Å². The molecule has 0 saturated carbocycles. The van der Waals surface area contributed by atoms with E-state index in [-0.39, 0.29) is 10.9 Å². The second-order valence-corrected chi connectivity index (χ2v) is 5.43. The second-order valence-electron chi connectivity index (χ2n) is 4.13. The Bertz CT molecular complexity index is 694. The number of ether oxygens (including phenoxy) is 1. The van der Waals surface area contributed by atoms with Gasteiger partial charge in [0, 0.05) is 6.07 Å². The number of halogens is 2. The Balaban J connectivity index is 2.45. The Morgan fingerprint density at radius 1 is 1.35 bits per heavy atom. The standard InChI is InChI=1S/C13H11BrFN3OS/c1-6-7(2)17-18-13(11(6)12(16)20)19-8-3-4-9(14)10(15)5-8/h3-5H,1-2H3,(H2,16,20). The van der Waals surface area contributed by atoms with Crippen molar-refractivity contribution in [2.24, 2.45) is 5.73 Å². The van der Waals surface area contributed by atoms with Gasteiger partial charge < -0.3 is 10.5 Å². The van der Waals surface area contributed by atoms with Crippen LogP contribution in [0.1, 0.15) is 16.8 Å². The van der Waals surface area contributed by atoms with E-state index in [9.17, 15) is 4.39 Å². The van der Waals surface area contributed by atoms with Crippen LogP contribution in [0.2, 0.25) is 0 Å². The fraction of sp³-hybridized carbons (Fsp3) is 0.154. The number of aryl methyl sites for hydroxylation is 1. The predicted molar refractivity (Wildman–Crippen MR) is 81.6 cm³/mol. The maximum absolute atomic E-state index is 13.5. The van der Waals surface area contributed by atoms with Gasteiger partial charge >= 0.3 is 0 Å². The maximum Gasteiger partial charge on any atom is 0.249 e. The first-order valence-corrected chi connectivity index (χ1v) is 6.87. The molecule has 0 amide bonds. The van der Waals surface area contributed by atoms with Crippen LogP contribution < -0.4 is 10.5 Å². The van der Waals surface area contributed by atoms with Gasteiger partial charge in [-0.3, -0.25) is 0 Å².